The number of hydrogen-bond acceptors (Lipinski definition) is 3. The van der Waals surface area contributed by atoms with Gasteiger partial charge in [0.2, 0.25) is 0 Å². The Labute approximate surface area is 115 Å². The molecule has 1 heterocycles. The highest BCUT2D eigenvalue weighted by Gasteiger charge is 2.08. The Balaban J connectivity index is 2.06. The molecule has 0 spiro atoms. The minimum absolute atomic E-state index is 0.665. The van der Waals surface area contributed by atoms with E-state index in [-0.39, 0.29) is 0 Å². The van der Waals surface area contributed by atoms with Gasteiger partial charge in [0.15, 0.2) is 0 Å². The second-order valence-corrected chi connectivity index (χ2v) is 4.75. The van der Waals surface area contributed by atoms with E-state index in [9.17, 15) is 0 Å². The molecule has 1 aromatic heterocycles. The molecule has 0 aliphatic carbocycles. The van der Waals surface area contributed by atoms with Gasteiger partial charge in [-0.05, 0) is 24.1 Å². The van der Waals surface area contributed by atoms with Gasteiger partial charge in [-0.25, -0.2) is 0 Å². The Hall–Kier alpha value is -1.71. The first-order valence-corrected chi connectivity index (χ1v) is 6.66. The number of nitrogens with two attached hydrogens (primary N) is 1. The van der Waals surface area contributed by atoms with E-state index in [1.165, 1.54) is 11.1 Å². The normalized spacial score (nSPS) is 10.9. The van der Waals surface area contributed by atoms with E-state index in [4.69, 9.17) is 5.73 Å². The van der Waals surface area contributed by atoms with Gasteiger partial charge in [0.05, 0.1) is 5.69 Å². The van der Waals surface area contributed by atoms with Crippen LogP contribution in [0.4, 0.5) is 0 Å². The molecule has 19 heavy (non-hydrogen) atoms. The fourth-order valence-corrected chi connectivity index (χ4v) is 2.13. The highest BCUT2D eigenvalue weighted by atomic mass is 15.1. The first kappa shape index (κ1) is 13.7. The van der Waals surface area contributed by atoms with Crippen LogP contribution >= 0.6 is 0 Å². The minimum atomic E-state index is 0.665. The Morgan fingerprint density at radius 2 is 1.84 bits per heavy atom. The highest BCUT2D eigenvalue weighted by Crippen LogP contribution is 2.10. The van der Waals surface area contributed by atoms with Crippen molar-refractivity contribution in [2.75, 3.05) is 13.1 Å². The van der Waals surface area contributed by atoms with Crippen LogP contribution in [-0.2, 0) is 13.1 Å². The van der Waals surface area contributed by atoms with Gasteiger partial charge >= 0.3 is 0 Å². The zero-order valence-electron chi connectivity index (χ0n) is 11.4. The van der Waals surface area contributed by atoms with Crippen molar-refractivity contribution in [3.05, 3.63) is 65.5 Å². The first-order valence-electron chi connectivity index (χ1n) is 6.66. The van der Waals surface area contributed by atoms with Crippen LogP contribution in [0.3, 0.4) is 0 Å². The standard InChI is InChI=1S/C16H21N3/c1-14-6-5-10-18-16(14)13-19(11-9-17)12-15-7-3-2-4-8-15/h2-8,10H,9,11-13,17H2,1H3. The van der Waals surface area contributed by atoms with Crippen molar-refractivity contribution >= 4 is 0 Å². The van der Waals surface area contributed by atoms with Gasteiger partial charge in [0, 0.05) is 32.4 Å². The number of pyridine rings is 1. The van der Waals surface area contributed by atoms with E-state index in [1.807, 2.05) is 18.3 Å². The summed E-state index contributed by atoms with van der Waals surface area (Å²) in [5.74, 6) is 0. The van der Waals surface area contributed by atoms with Crippen LogP contribution in [0.25, 0.3) is 0 Å². The molecule has 0 fully saturated rings. The van der Waals surface area contributed by atoms with Gasteiger partial charge in [0.1, 0.15) is 0 Å². The molecule has 0 saturated heterocycles. The lowest BCUT2D eigenvalue weighted by Gasteiger charge is -2.22. The van der Waals surface area contributed by atoms with Crippen LogP contribution in [0.1, 0.15) is 16.8 Å². The zero-order chi connectivity index (χ0) is 13.5. The zero-order valence-corrected chi connectivity index (χ0v) is 11.4. The van der Waals surface area contributed by atoms with E-state index < -0.39 is 0 Å². The number of aryl methyl sites for hydroxylation is 1. The van der Waals surface area contributed by atoms with Crippen molar-refractivity contribution in [2.24, 2.45) is 5.73 Å². The average molecular weight is 255 g/mol. The van der Waals surface area contributed by atoms with Crippen molar-refractivity contribution < 1.29 is 0 Å². The van der Waals surface area contributed by atoms with Crippen molar-refractivity contribution in [3.8, 4) is 0 Å². The molecule has 100 valence electrons. The van der Waals surface area contributed by atoms with Crippen LogP contribution in [0, 0.1) is 6.92 Å². The molecule has 0 amide bonds. The van der Waals surface area contributed by atoms with Gasteiger partial charge < -0.3 is 5.73 Å². The predicted molar refractivity (Wildman–Crippen MR) is 78.6 cm³/mol. The minimum Gasteiger partial charge on any atom is -0.329 e. The molecule has 3 nitrogen and oxygen atoms in total. The molecule has 0 atom stereocenters. The summed E-state index contributed by atoms with van der Waals surface area (Å²) in [6.45, 7) is 5.40. The maximum atomic E-state index is 5.71. The monoisotopic (exact) mass is 255 g/mol. The second kappa shape index (κ2) is 7.02. The molecule has 0 radical (unpaired) electrons. The van der Waals surface area contributed by atoms with E-state index in [0.717, 1.165) is 25.3 Å². The number of aromatic nitrogens is 1. The third kappa shape index (κ3) is 4.16. The first-order chi connectivity index (χ1) is 9.29. The van der Waals surface area contributed by atoms with Crippen LogP contribution in [0.2, 0.25) is 0 Å². The average Bonchev–Trinajstić information content (AvgIpc) is 2.43. The SMILES string of the molecule is Cc1cccnc1CN(CCN)Cc1ccccc1. The summed E-state index contributed by atoms with van der Waals surface area (Å²) in [6.07, 6.45) is 1.85. The van der Waals surface area contributed by atoms with Crippen LogP contribution in [-0.4, -0.2) is 23.0 Å². The van der Waals surface area contributed by atoms with E-state index in [2.05, 4.69) is 47.1 Å². The van der Waals surface area contributed by atoms with Crippen molar-refractivity contribution in [3.63, 3.8) is 0 Å². The van der Waals surface area contributed by atoms with Gasteiger partial charge in [-0.2, -0.15) is 0 Å². The van der Waals surface area contributed by atoms with Gasteiger partial charge in [-0.15, -0.1) is 0 Å². The molecule has 1 aromatic carbocycles. The molecule has 0 bridgehead atoms. The topological polar surface area (TPSA) is 42.2 Å². The molecule has 0 aliphatic rings. The summed E-state index contributed by atoms with van der Waals surface area (Å²) < 4.78 is 0. The Morgan fingerprint density at radius 3 is 2.53 bits per heavy atom. The molecular formula is C16H21N3. The van der Waals surface area contributed by atoms with E-state index in [0.29, 0.717) is 6.54 Å². The molecule has 2 aromatic rings. The quantitative estimate of drug-likeness (QED) is 0.861. The lowest BCUT2D eigenvalue weighted by Crippen LogP contribution is -2.29. The molecule has 0 unspecified atom stereocenters. The Bertz CT molecular complexity index is 496. The van der Waals surface area contributed by atoms with E-state index in [1.54, 1.807) is 0 Å². The number of hydrogen-bond donors (Lipinski definition) is 1. The largest absolute Gasteiger partial charge is 0.329 e. The van der Waals surface area contributed by atoms with Gasteiger partial charge in [-0.3, -0.25) is 9.88 Å². The molecule has 0 saturated carbocycles. The van der Waals surface area contributed by atoms with Crippen LogP contribution < -0.4 is 5.73 Å². The second-order valence-electron chi connectivity index (χ2n) is 4.75. The van der Waals surface area contributed by atoms with Gasteiger partial charge in [-0.1, -0.05) is 36.4 Å². The van der Waals surface area contributed by atoms with Crippen molar-refractivity contribution in [1.29, 1.82) is 0 Å². The summed E-state index contributed by atoms with van der Waals surface area (Å²) in [5, 5.41) is 0. The summed E-state index contributed by atoms with van der Waals surface area (Å²) in [6, 6.07) is 14.6. The van der Waals surface area contributed by atoms with Crippen LogP contribution in [0.15, 0.2) is 48.7 Å². The third-order valence-electron chi connectivity index (χ3n) is 3.19. The smallest absolute Gasteiger partial charge is 0.0573 e. The van der Waals surface area contributed by atoms with E-state index >= 15 is 0 Å². The molecule has 2 N–H and O–H groups in total. The summed E-state index contributed by atoms with van der Waals surface area (Å²) >= 11 is 0. The lowest BCUT2D eigenvalue weighted by molar-refractivity contribution is 0.260. The number of nitrogens with zero attached hydrogens (tertiary/aromatic N) is 2. The fourth-order valence-electron chi connectivity index (χ4n) is 2.13. The van der Waals surface area contributed by atoms with Crippen molar-refractivity contribution in [2.45, 2.75) is 20.0 Å². The number of rotatable bonds is 6. The summed E-state index contributed by atoms with van der Waals surface area (Å²) in [4.78, 5) is 6.80. The summed E-state index contributed by atoms with van der Waals surface area (Å²) in [7, 11) is 0. The predicted octanol–water partition coefficient (Wildman–Crippen LogP) is 2.35. The Kier molecular flexibility index (Phi) is 5.07. The maximum Gasteiger partial charge on any atom is 0.0573 e. The summed E-state index contributed by atoms with van der Waals surface area (Å²) in [5.41, 5.74) is 9.39. The lowest BCUT2D eigenvalue weighted by atomic mass is 10.1. The fraction of sp³-hybridized carbons (Fsp3) is 0.312. The maximum absolute atomic E-state index is 5.71. The molecule has 3 heteroatoms. The molecule has 0 aliphatic heterocycles. The van der Waals surface area contributed by atoms with Crippen molar-refractivity contribution in [1.82, 2.24) is 9.88 Å². The Morgan fingerprint density at radius 1 is 1.05 bits per heavy atom. The number of benzene rings is 1. The third-order valence-corrected chi connectivity index (χ3v) is 3.19. The molecular weight excluding hydrogens is 234 g/mol. The highest BCUT2D eigenvalue weighted by molar-refractivity contribution is 5.18. The van der Waals surface area contributed by atoms with Crippen LogP contribution in [0.5, 0.6) is 0 Å². The molecule has 2 rings (SSSR count). The van der Waals surface area contributed by atoms with Gasteiger partial charge in [0.25, 0.3) is 0 Å².